The van der Waals surface area contributed by atoms with Gasteiger partial charge in [-0.05, 0) is 48.6 Å². The molecule has 0 unspecified atom stereocenters. The molecule has 7 nitrogen and oxygen atoms in total. The maximum absolute atomic E-state index is 12.8. The third-order valence-corrected chi connectivity index (χ3v) is 5.63. The molecule has 31 heavy (non-hydrogen) atoms. The quantitative estimate of drug-likeness (QED) is 0.530. The molecule has 1 amide bonds. The molecule has 1 aromatic carbocycles. The summed E-state index contributed by atoms with van der Waals surface area (Å²) in [6.45, 7) is 1.43. The Morgan fingerprint density at radius 3 is 2.71 bits per heavy atom. The Bertz CT molecular complexity index is 1020. The SMILES string of the molecule is COCCn1cccc1[C@@H]1[C@@H](c2ccccn2)NC(=S)N1CC(=O)Nc1ccccc1. The van der Waals surface area contributed by atoms with Crippen LogP contribution in [-0.2, 0) is 16.1 Å². The molecule has 160 valence electrons. The molecule has 8 heteroatoms. The first kappa shape index (κ1) is 21.0. The number of hydrogen-bond acceptors (Lipinski definition) is 4. The van der Waals surface area contributed by atoms with E-state index in [9.17, 15) is 4.79 Å². The number of ether oxygens (including phenoxy) is 1. The molecule has 0 saturated carbocycles. The summed E-state index contributed by atoms with van der Waals surface area (Å²) in [5.74, 6) is -0.128. The molecule has 4 rings (SSSR count). The molecule has 1 fully saturated rings. The molecular weight excluding hydrogens is 410 g/mol. The third-order valence-electron chi connectivity index (χ3n) is 5.27. The van der Waals surface area contributed by atoms with Crippen molar-refractivity contribution in [1.29, 1.82) is 0 Å². The lowest BCUT2D eigenvalue weighted by molar-refractivity contribution is -0.116. The standard InChI is InChI=1S/C23H25N5O2S/c1-30-15-14-27-13-7-11-19(27)22-21(18-10-5-6-12-24-18)26-23(31)28(22)16-20(29)25-17-8-3-2-4-9-17/h2-13,21-22H,14-16H2,1H3,(H,25,29)(H,26,31)/t21-,22-/m1/s1. The number of carbonyl (C=O) groups is 1. The van der Waals surface area contributed by atoms with Crippen molar-refractivity contribution in [3.63, 3.8) is 0 Å². The highest BCUT2D eigenvalue weighted by molar-refractivity contribution is 7.80. The summed E-state index contributed by atoms with van der Waals surface area (Å²) in [5, 5.41) is 6.86. The van der Waals surface area contributed by atoms with Crippen molar-refractivity contribution in [3.8, 4) is 0 Å². The number of pyridine rings is 1. The van der Waals surface area contributed by atoms with Crippen molar-refractivity contribution >= 4 is 28.9 Å². The summed E-state index contributed by atoms with van der Waals surface area (Å²) < 4.78 is 7.41. The molecule has 1 aliphatic heterocycles. The fourth-order valence-corrected chi connectivity index (χ4v) is 4.17. The molecule has 2 N–H and O–H groups in total. The summed E-state index contributed by atoms with van der Waals surface area (Å²) in [6, 6.07) is 18.9. The Morgan fingerprint density at radius 2 is 1.97 bits per heavy atom. The zero-order valence-electron chi connectivity index (χ0n) is 17.3. The maximum atomic E-state index is 12.8. The Balaban J connectivity index is 1.63. The summed E-state index contributed by atoms with van der Waals surface area (Å²) >= 11 is 5.66. The molecule has 0 bridgehead atoms. The number of anilines is 1. The first-order chi connectivity index (χ1) is 15.2. The molecule has 2 aromatic heterocycles. The van der Waals surface area contributed by atoms with Gasteiger partial charge in [-0.2, -0.15) is 0 Å². The number of thiocarbonyl (C=S) groups is 1. The molecule has 0 aliphatic carbocycles. The second kappa shape index (κ2) is 9.72. The minimum absolute atomic E-state index is 0.128. The lowest BCUT2D eigenvalue weighted by Gasteiger charge is -2.28. The van der Waals surface area contributed by atoms with E-state index in [1.54, 1.807) is 13.3 Å². The Labute approximate surface area is 187 Å². The number of methoxy groups -OCH3 is 1. The van der Waals surface area contributed by atoms with Gasteiger partial charge < -0.3 is 24.8 Å². The van der Waals surface area contributed by atoms with Crippen molar-refractivity contribution in [3.05, 3.63) is 84.4 Å². The lowest BCUT2D eigenvalue weighted by atomic mass is 10.0. The highest BCUT2D eigenvalue weighted by Gasteiger charge is 2.41. The van der Waals surface area contributed by atoms with Crippen molar-refractivity contribution in [2.24, 2.45) is 0 Å². The number of nitrogens with zero attached hydrogens (tertiary/aromatic N) is 3. The largest absolute Gasteiger partial charge is 0.383 e. The Kier molecular flexibility index (Phi) is 6.59. The van der Waals surface area contributed by atoms with Crippen LogP contribution in [0.1, 0.15) is 23.5 Å². The first-order valence-electron chi connectivity index (χ1n) is 10.1. The van der Waals surface area contributed by atoms with E-state index in [1.165, 1.54) is 0 Å². The molecular formula is C23H25N5O2S. The normalized spacial score (nSPS) is 18.1. The van der Waals surface area contributed by atoms with Gasteiger partial charge in [0.15, 0.2) is 5.11 Å². The van der Waals surface area contributed by atoms with Crippen LogP contribution in [0.15, 0.2) is 73.1 Å². The fraction of sp³-hybridized carbons (Fsp3) is 0.261. The summed E-state index contributed by atoms with van der Waals surface area (Å²) in [4.78, 5) is 19.3. The van der Waals surface area contributed by atoms with Crippen LogP contribution >= 0.6 is 12.2 Å². The van der Waals surface area contributed by atoms with Crippen LogP contribution in [0.5, 0.6) is 0 Å². The second-order valence-corrected chi connectivity index (χ2v) is 7.67. The van der Waals surface area contributed by atoms with Gasteiger partial charge in [0.05, 0.1) is 24.4 Å². The molecule has 2 atom stereocenters. The number of aromatic nitrogens is 2. The Morgan fingerprint density at radius 1 is 1.16 bits per heavy atom. The van der Waals surface area contributed by atoms with Crippen LogP contribution in [-0.4, -0.2) is 45.7 Å². The van der Waals surface area contributed by atoms with Crippen LogP contribution < -0.4 is 10.6 Å². The average molecular weight is 436 g/mol. The van der Waals surface area contributed by atoms with Gasteiger partial charge in [-0.3, -0.25) is 9.78 Å². The van der Waals surface area contributed by atoms with Crippen LogP contribution in [0.3, 0.4) is 0 Å². The van der Waals surface area contributed by atoms with E-state index in [-0.39, 0.29) is 24.5 Å². The Hall–Kier alpha value is -3.23. The summed E-state index contributed by atoms with van der Waals surface area (Å²) in [6.07, 6.45) is 3.79. The van der Waals surface area contributed by atoms with Crippen molar-refractivity contribution in [2.45, 2.75) is 18.6 Å². The molecule has 1 saturated heterocycles. The average Bonchev–Trinajstić information content (AvgIpc) is 3.37. The summed E-state index contributed by atoms with van der Waals surface area (Å²) in [5.41, 5.74) is 2.68. The van der Waals surface area contributed by atoms with Gasteiger partial charge in [0.1, 0.15) is 6.54 Å². The predicted molar refractivity (Wildman–Crippen MR) is 124 cm³/mol. The number of carbonyl (C=O) groups excluding carboxylic acids is 1. The van der Waals surface area contributed by atoms with Gasteiger partial charge in [0.25, 0.3) is 0 Å². The number of benzene rings is 1. The first-order valence-corrected chi connectivity index (χ1v) is 10.5. The monoisotopic (exact) mass is 435 g/mol. The highest BCUT2D eigenvalue weighted by atomic mass is 32.1. The van der Waals surface area contributed by atoms with Gasteiger partial charge in [0, 0.05) is 37.4 Å². The molecule has 0 spiro atoms. The van der Waals surface area contributed by atoms with E-state index in [0.29, 0.717) is 18.3 Å². The zero-order valence-corrected chi connectivity index (χ0v) is 18.1. The van der Waals surface area contributed by atoms with Crippen molar-refractivity contribution in [2.75, 3.05) is 25.6 Å². The van der Waals surface area contributed by atoms with Gasteiger partial charge in [0.2, 0.25) is 5.91 Å². The van der Waals surface area contributed by atoms with Crippen LogP contribution in [0.2, 0.25) is 0 Å². The van der Waals surface area contributed by atoms with E-state index in [4.69, 9.17) is 17.0 Å². The van der Waals surface area contributed by atoms with Crippen LogP contribution in [0, 0.1) is 0 Å². The number of nitrogens with one attached hydrogen (secondary N) is 2. The smallest absolute Gasteiger partial charge is 0.244 e. The minimum Gasteiger partial charge on any atom is -0.383 e. The lowest BCUT2D eigenvalue weighted by Crippen LogP contribution is -2.37. The number of para-hydroxylation sites is 1. The predicted octanol–water partition coefficient (Wildman–Crippen LogP) is 3.14. The number of hydrogen-bond donors (Lipinski definition) is 2. The zero-order chi connectivity index (χ0) is 21.6. The van der Waals surface area contributed by atoms with Crippen molar-refractivity contribution < 1.29 is 9.53 Å². The maximum Gasteiger partial charge on any atom is 0.244 e. The summed E-state index contributed by atoms with van der Waals surface area (Å²) in [7, 11) is 1.69. The fourth-order valence-electron chi connectivity index (χ4n) is 3.86. The van der Waals surface area contributed by atoms with Gasteiger partial charge in [-0.15, -0.1) is 0 Å². The van der Waals surface area contributed by atoms with E-state index in [1.807, 2.05) is 65.7 Å². The van der Waals surface area contributed by atoms with Gasteiger partial charge >= 0.3 is 0 Å². The van der Waals surface area contributed by atoms with Gasteiger partial charge in [-0.25, -0.2) is 0 Å². The molecule has 3 aromatic rings. The van der Waals surface area contributed by atoms with Crippen molar-refractivity contribution in [1.82, 2.24) is 19.8 Å². The highest BCUT2D eigenvalue weighted by Crippen LogP contribution is 2.38. The van der Waals surface area contributed by atoms with Crippen LogP contribution in [0.25, 0.3) is 0 Å². The van der Waals surface area contributed by atoms with E-state index in [0.717, 1.165) is 17.1 Å². The molecule has 3 heterocycles. The number of amides is 1. The van der Waals surface area contributed by atoms with E-state index < -0.39 is 0 Å². The molecule has 1 aliphatic rings. The number of rotatable bonds is 8. The third kappa shape index (κ3) is 4.76. The molecule has 0 radical (unpaired) electrons. The minimum atomic E-state index is -0.184. The van der Waals surface area contributed by atoms with E-state index in [2.05, 4.69) is 26.3 Å². The van der Waals surface area contributed by atoms with Crippen LogP contribution in [0.4, 0.5) is 5.69 Å². The topological polar surface area (TPSA) is 71.4 Å². The second-order valence-electron chi connectivity index (χ2n) is 7.29. The van der Waals surface area contributed by atoms with E-state index >= 15 is 0 Å². The van der Waals surface area contributed by atoms with Gasteiger partial charge in [-0.1, -0.05) is 24.3 Å².